The van der Waals surface area contributed by atoms with Crippen LogP contribution in [0, 0.1) is 11.3 Å². The highest BCUT2D eigenvalue weighted by atomic mass is 15.2. The summed E-state index contributed by atoms with van der Waals surface area (Å²) in [6.45, 7) is 5.61. The molecule has 1 aliphatic carbocycles. The lowest BCUT2D eigenvalue weighted by Crippen LogP contribution is -2.33. The molecule has 20 heavy (non-hydrogen) atoms. The molecule has 0 saturated carbocycles. The SMILES string of the molecule is CC(CN1CCCC1)Nc1nc2c(cc1C#N)CCC2. The molecule has 2 heterocycles. The number of nitrogens with zero attached hydrogens (tertiary/aromatic N) is 3. The van der Waals surface area contributed by atoms with Crippen LogP contribution in [0.15, 0.2) is 6.07 Å². The normalized spacial score (nSPS) is 19.6. The maximum absolute atomic E-state index is 9.31. The van der Waals surface area contributed by atoms with Crippen LogP contribution in [0.5, 0.6) is 0 Å². The summed E-state index contributed by atoms with van der Waals surface area (Å²) < 4.78 is 0. The van der Waals surface area contributed by atoms with Gasteiger partial charge in [0.15, 0.2) is 0 Å². The van der Waals surface area contributed by atoms with Gasteiger partial charge in [-0.1, -0.05) is 0 Å². The van der Waals surface area contributed by atoms with Gasteiger partial charge in [-0.25, -0.2) is 4.98 Å². The molecule has 2 aliphatic rings. The van der Waals surface area contributed by atoms with Crippen molar-refractivity contribution in [3.63, 3.8) is 0 Å². The van der Waals surface area contributed by atoms with Gasteiger partial charge >= 0.3 is 0 Å². The molecule has 0 bridgehead atoms. The second kappa shape index (κ2) is 5.80. The van der Waals surface area contributed by atoms with Gasteiger partial charge in [-0.3, -0.25) is 0 Å². The zero-order valence-corrected chi connectivity index (χ0v) is 12.2. The van der Waals surface area contributed by atoms with Gasteiger partial charge < -0.3 is 10.2 Å². The number of hydrogen-bond acceptors (Lipinski definition) is 4. The maximum atomic E-state index is 9.31. The fourth-order valence-corrected chi connectivity index (χ4v) is 3.30. The van der Waals surface area contributed by atoms with Crippen LogP contribution in [0.1, 0.15) is 43.0 Å². The number of pyridine rings is 1. The predicted octanol–water partition coefficient (Wildman–Crippen LogP) is 2.34. The first-order valence-corrected chi connectivity index (χ1v) is 7.68. The minimum Gasteiger partial charge on any atom is -0.365 e. The molecule has 1 atom stereocenters. The highest BCUT2D eigenvalue weighted by Gasteiger charge is 2.19. The van der Waals surface area contributed by atoms with Crippen LogP contribution < -0.4 is 5.32 Å². The van der Waals surface area contributed by atoms with Crippen LogP contribution >= 0.6 is 0 Å². The quantitative estimate of drug-likeness (QED) is 0.912. The number of anilines is 1. The average Bonchev–Trinajstić information content (AvgIpc) is 3.08. The number of hydrogen-bond donors (Lipinski definition) is 1. The Bertz CT molecular complexity index is 526. The minimum absolute atomic E-state index is 0.326. The monoisotopic (exact) mass is 270 g/mol. The molecular formula is C16H22N4. The molecule has 1 unspecified atom stereocenters. The molecule has 1 N–H and O–H groups in total. The van der Waals surface area contributed by atoms with Crippen molar-refractivity contribution in [3.8, 4) is 6.07 Å². The molecule has 3 rings (SSSR count). The molecule has 106 valence electrons. The summed E-state index contributed by atoms with van der Waals surface area (Å²) in [7, 11) is 0. The van der Waals surface area contributed by atoms with Crippen molar-refractivity contribution in [1.29, 1.82) is 5.26 Å². The summed E-state index contributed by atoms with van der Waals surface area (Å²) in [4.78, 5) is 7.17. The second-order valence-electron chi connectivity index (χ2n) is 6.01. The van der Waals surface area contributed by atoms with Crippen LogP contribution in [0.4, 0.5) is 5.82 Å². The summed E-state index contributed by atoms with van der Waals surface area (Å²) in [5.74, 6) is 0.778. The van der Waals surface area contributed by atoms with E-state index in [4.69, 9.17) is 0 Å². The third-order valence-corrected chi connectivity index (χ3v) is 4.29. The third-order valence-electron chi connectivity index (χ3n) is 4.29. The average molecular weight is 270 g/mol. The van der Waals surface area contributed by atoms with Crippen LogP contribution in [0.25, 0.3) is 0 Å². The maximum Gasteiger partial charge on any atom is 0.144 e. The van der Waals surface area contributed by atoms with E-state index in [1.165, 1.54) is 43.6 Å². The molecule has 0 radical (unpaired) electrons. The Morgan fingerprint density at radius 3 is 2.90 bits per heavy atom. The number of aryl methyl sites for hydroxylation is 2. The number of rotatable bonds is 4. The summed E-state index contributed by atoms with van der Waals surface area (Å²) in [6, 6.07) is 4.64. The van der Waals surface area contributed by atoms with Crippen molar-refractivity contribution < 1.29 is 0 Å². The van der Waals surface area contributed by atoms with Crippen molar-refractivity contribution in [2.75, 3.05) is 25.0 Å². The Kier molecular flexibility index (Phi) is 3.88. The molecule has 4 heteroatoms. The fourth-order valence-electron chi connectivity index (χ4n) is 3.30. The fraction of sp³-hybridized carbons (Fsp3) is 0.625. The van der Waals surface area contributed by atoms with Gasteiger partial charge in [0, 0.05) is 18.3 Å². The largest absolute Gasteiger partial charge is 0.365 e. The predicted molar refractivity (Wildman–Crippen MR) is 79.7 cm³/mol. The van der Waals surface area contributed by atoms with E-state index < -0.39 is 0 Å². The van der Waals surface area contributed by atoms with Gasteiger partial charge in [-0.2, -0.15) is 5.26 Å². The van der Waals surface area contributed by atoms with E-state index >= 15 is 0 Å². The number of likely N-dealkylation sites (tertiary alicyclic amines) is 1. The Morgan fingerprint density at radius 1 is 1.35 bits per heavy atom. The van der Waals surface area contributed by atoms with Crippen molar-refractivity contribution in [2.45, 2.75) is 45.1 Å². The molecule has 1 aromatic rings. The van der Waals surface area contributed by atoms with E-state index in [0.717, 1.165) is 25.2 Å². The third kappa shape index (κ3) is 2.78. The number of aromatic nitrogens is 1. The van der Waals surface area contributed by atoms with Crippen molar-refractivity contribution in [3.05, 3.63) is 22.9 Å². The van der Waals surface area contributed by atoms with Gasteiger partial charge in [-0.05, 0) is 63.7 Å². The summed E-state index contributed by atoms with van der Waals surface area (Å²) in [6.07, 6.45) is 5.91. The standard InChI is InChI=1S/C16H22N4/c1-12(11-20-7-2-3-8-20)18-16-14(10-17)9-13-5-4-6-15(13)19-16/h9,12H,2-8,11H2,1H3,(H,18,19). The Balaban J connectivity index is 1.71. The molecule has 1 aromatic heterocycles. The zero-order chi connectivity index (χ0) is 13.9. The van der Waals surface area contributed by atoms with E-state index in [1.807, 2.05) is 6.07 Å². The Hall–Kier alpha value is -1.60. The topological polar surface area (TPSA) is 52.0 Å². The van der Waals surface area contributed by atoms with Crippen LogP contribution in [0.3, 0.4) is 0 Å². The van der Waals surface area contributed by atoms with Gasteiger partial charge in [0.2, 0.25) is 0 Å². The number of fused-ring (bicyclic) bond motifs is 1. The molecular weight excluding hydrogens is 248 g/mol. The van der Waals surface area contributed by atoms with E-state index in [2.05, 4.69) is 28.2 Å². The van der Waals surface area contributed by atoms with Gasteiger partial charge in [-0.15, -0.1) is 0 Å². The first-order valence-electron chi connectivity index (χ1n) is 7.68. The summed E-state index contributed by atoms with van der Waals surface area (Å²) >= 11 is 0. The molecule has 0 aromatic carbocycles. The summed E-state index contributed by atoms with van der Waals surface area (Å²) in [5, 5.41) is 12.7. The lowest BCUT2D eigenvalue weighted by Gasteiger charge is -2.22. The van der Waals surface area contributed by atoms with E-state index in [1.54, 1.807) is 0 Å². The first-order chi connectivity index (χ1) is 9.76. The van der Waals surface area contributed by atoms with Crippen molar-refractivity contribution >= 4 is 5.82 Å². The summed E-state index contributed by atoms with van der Waals surface area (Å²) in [5.41, 5.74) is 3.14. The van der Waals surface area contributed by atoms with Crippen molar-refractivity contribution in [1.82, 2.24) is 9.88 Å². The van der Waals surface area contributed by atoms with Gasteiger partial charge in [0.1, 0.15) is 11.9 Å². The molecule has 0 amide bonds. The highest BCUT2D eigenvalue weighted by molar-refractivity contribution is 5.55. The number of nitrogens with one attached hydrogen (secondary N) is 1. The Morgan fingerprint density at radius 2 is 2.15 bits per heavy atom. The number of nitriles is 1. The molecule has 0 spiro atoms. The Labute approximate surface area is 120 Å². The van der Waals surface area contributed by atoms with E-state index in [0.29, 0.717) is 11.6 Å². The molecule has 1 saturated heterocycles. The lowest BCUT2D eigenvalue weighted by atomic mass is 10.1. The van der Waals surface area contributed by atoms with Crippen LogP contribution in [0.2, 0.25) is 0 Å². The van der Waals surface area contributed by atoms with Crippen LogP contribution in [-0.4, -0.2) is 35.6 Å². The van der Waals surface area contributed by atoms with Crippen molar-refractivity contribution in [2.24, 2.45) is 0 Å². The van der Waals surface area contributed by atoms with Gasteiger partial charge in [0.25, 0.3) is 0 Å². The molecule has 1 fully saturated rings. The van der Waals surface area contributed by atoms with Gasteiger partial charge in [0.05, 0.1) is 5.56 Å². The highest BCUT2D eigenvalue weighted by Crippen LogP contribution is 2.25. The van der Waals surface area contributed by atoms with E-state index in [-0.39, 0.29) is 0 Å². The van der Waals surface area contributed by atoms with Crippen LogP contribution in [-0.2, 0) is 12.8 Å². The first kappa shape index (κ1) is 13.4. The molecule has 1 aliphatic heterocycles. The smallest absolute Gasteiger partial charge is 0.144 e. The molecule has 4 nitrogen and oxygen atoms in total. The minimum atomic E-state index is 0.326. The lowest BCUT2D eigenvalue weighted by molar-refractivity contribution is 0.327. The second-order valence-corrected chi connectivity index (χ2v) is 6.01. The van der Waals surface area contributed by atoms with E-state index in [9.17, 15) is 5.26 Å². The zero-order valence-electron chi connectivity index (χ0n) is 12.2.